The van der Waals surface area contributed by atoms with Crippen molar-refractivity contribution in [3.05, 3.63) is 182 Å². The molecule has 0 atom stereocenters. The Bertz CT molecular complexity index is 3540. The second-order valence-electron chi connectivity index (χ2n) is 14.4. The van der Waals surface area contributed by atoms with E-state index in [1.54, 1.807) is 11.3 Å². The van der Waals surface area contributed by atoms with Crippen molar-refractivity contribution in [3.8, 4) is 51.0 Å². The minimum Gasteiger partial charge on any atom is -0.455 e. The van der Waals surface area contributed by atoms with Gasteiger partial charge in [0.15, 0.2) is 17.5 Å². The van der Waals surface area contributed by atoms with Gasteiger partial charge < -0.3 is 8.98 Å². The summed E-state index contributed by atoms with van der Waals surface area (Å²) in [6, 6.07) is 63.9. The molecule has 0 N–H and O–H groups in total. The van der Waals surface area contributed by atoms with Crippen LogP contribution in [0.3, 0.4) is 0 Å². The number of hydrogen-bond acceptors (Lipinski definition) is 5. The van der Waals surface area contributed by atoms with Crippen LogP contribution >= 0.6 is 11.3 Å². The standard InChI is InChI=1S/C51H30N4OS/c1-2-14-35(15-3-1)55-43-21-7-4-16-36(43)41-29-32(24-26-44(41)55)31-12-10-13-33(28-31)49-52-50(34-25-27-47-42(30-34)38-18-6-9-23-46(38)57-47)54-51(53-49)40-20-11-19-39-37-17-5-8-22-45(37)56-48(39)40/h1-30H. The van der Waals surface area contributed by atoms with E-state index in [4.69, 9.17) is 19.4 Å². The Morgan fingerprint density at radius 3 is 1.89 bits per heavy atom. The molecular formula is C51H30N4OS. The topological polar surface area (TPSA) is 56.7 Å². The minimum absolute atomic E-state index is 0.565. The van der Waals surface area contributed by atoms with Gasteiger partial charge in [0.05, 0.1) is 16.6 Å². The van der Waals surface area contributed by atoms with Crippen molar-refractivity contribution in [2.24, 2.45) is 0 Å². The summed E-state index contributed by atoms with van der Waals surface area (Å²) in [7, 11) is 0. The first kappa shape index (κ1) is 31.9. The van der Waals surface area contributed by atoms with Crippen LogP contribution in [0.5, 0.6) is 0 Å². The zero-order valence-corrected chi connectivity index (χ0v) is 31.2. The zero-order chi connectivity index (χ0) is 37.5. The number of aromatic nitrogens is 4. The first-order valence-corrected chi connectivity index (χ1v) is 19.8. The molecule has 0 amide bonds. The van der Waals surface area contributed by atoms with E-state index in [1.165, 1.54) is 42.0 Å². The summed E-state index contributed by atoms with van der Waals surface area (Å²) in [6.07, 6.45) is 0. The smallest absolute Gasteiger partial charge is 0.167 e. The second-order valence-corrected chi connectivity index (χ2v) is 15.5. The normalized spacial score (nSPS) is 11.9. The van der Waals surface area contributed by atoms with Gasteiger partial charge in [-0.2, -0.15) is 0 Å². The van der Waals surface area contributed by atoms with Crippen LogP contribution in [0.4, 0.5) is 0 Å². The molecule has 266 valence electrons. The van der Waals surface area contributed by atoms with E-state index in [0.29, 0.717) is 17.5 Å². The highest BCUT2D eigenvalue weighted by Gasteiger charge is 2.19. The average molecular weight is 747 g/mol. The number of nitrogens with zero attached hydrogens (tertiary/aromatic N) is 4. The van der Waals surface area contributed by atoms with Gasteiger partial charge in [-0.15, -0.1) is 11.3 Å². The fourth-order valence-corrected chi connectivity index (χ4v) is 9.47. The fourth-order valence-electron chi connectivity index (χ4n) is 8.39. The molecule has 4 heterocycles. The highest BCUT2D eigenvalue weighted by molar-refractivity contribution is 7.25. The van der Waals surface area contributed by atoms with Crippen LogP contribution in [-0.4, -0.2) is 19.5 Å². The van der Waals surface area contributed by atoms with Gasteiger partial charge in [0.1, 0.15) is 11.2 Å². The van der Waals surface area contributed by atoms with Gasteiger partial charge in [-0.3, -0.25) is 0 Å². The van der Waals surface area contributed by atoms with Crippen molar-refractivity contribution in [1.29, 1.82) is 0 Å². The summed E-state index contributed by atoms with van der Waals surface area (Å²) in [5.74, 6) is 1.78. The van der Waals surface area contributed by atoms with Crippen LogP contribution < -0.4 is 0 Å². The molecule has 0 aliphatic heterocycles. The highest BCUT2D eigenvalue weighted by atomic mass is 32.1. The Labute approximate surface area is 330 Å². The molecule has 5 nitrogen and oxygen atoms in total. The van der Waals surface area contributed by atoms with Crippen LogP contribution in [-0.2, 0) is 0 Å². The molecule has 0 radical (unpaired) electrons. The molecular weight excluding hydrogens is 717 g/mol. The van der Waals surface area contributed by atoms with Crippen LogP contribution in [0.15, 0.2) is 186 Å². The zero-order valence-electron chi connectivity index (χ0n) is 30.4. The SMILES string of the molecule is c1ccc(-n2c3ccccc3c3cc(-c4cccc(-c5nc(-c6ccc7sc8ccccc8c7c6)nc(-c6cccc7c6oc6ccccc67)n5)c4)ccc32)cc1. The fraction of sp³-hybridized carbons (Fsp3) is 0. The molecule has 6 heteroatoms. The number of furan rings is 1. The van der Waals surface area contributed by atoms with E-state index in [1.807, 2.05) is 24.3 Å². The predicted octanol–water partition coefficient (Wildman–Crippen LogP) is 13.9. The Morgan fingerprint density at radius 2 is 1.00 bits per heavy atom. The third-order valence-corrected chi connectivity index (χ3v) is 12.2. The van der Waals surface area contributed by atoms with Crippen molar-refractivity contribution in [2.75, 3.05) is 0 Å². The Morgan fingerprint density at radius 1 is 0.386 bits per heavy atom. The van der Waals surface area contributed by atoms with Crippen LogP contribution in [0.2, 0.25) is 0 Å². The van der Waals surface area contributed by atoms with Crippen LogP contribution in [0.1, 0.15) is 0 Å². The van der Waals surface area contributed by atoms with Crippen LogP contribution in [0.25, 0.3) is 115 Å². The van der Waals surface area contributed by atoms with Crippen molar-refractivity contribution in [2.45, 2.75) is 0 Å². The minimum atomic E-state index is 0.565. The molecule has 12 rings (SSSR count). The number of para-hydroxylation sites is 4. The summed E-state index contributed by atoms with van der Waals surface area (Å²) in [6.45, 7) is 0. The largest absolute Gasteiger partial charge is 0.455 e. The molecule has 0 aliphatic carbocycles. The van der Waals surface area contributed by atoms with Gasteiger partial charge in [0.2, 0.25) is 0 Å². The molecule has 0 aliphatic rings. The lowest BCUT2D eigenvalue weighted by molar-refractivity contribution is 0.669. The number of hydrogen-bond donors (Lipinski definition) is 0. The first-order valence-electron chi connectivity index (χ1n) is 19.0. The Kier molecular flexibility index (Phi) is 7.03. The second kappa shape index (κ2) is 12.6. The molecule has 0 saturated heterocycles. The van der Waals surface area contributed by atoms with Gasteiger partial charge in [0.25, 0.3) is 0 Å². The van der Waals surface area contributed by atoms with Crippen molar-refractivity contribution < 1.29 is 4.42 Å². The Hall–Kier alpha value is -7.41. The van der Waals surface area contributed by atoms with E-state index in [9.17, 15) is 0 Å². The van der Waals surface area contributed by atoms with E-state index in [0.717, 1.165) is 55.4 Å². The lowest BCUT2D eigenvalue weighted by atomic mass is 10.0. The molecule has 12 aromatic rings. The Balaban J connectivity index is 1.04. The van der Waals surface area contributed by atoms with Crippen molar-refractivity contribution in [3.63, 3.8) is 0 Å². The van der Waals surface area contributed by atoms with E-state index >= 15 is 0 Å². The maximum atomic E-state index is 6.50. The quantitative estimate of drug-likeness (QED) is 0.176. The monoisotopic (exact) mass is 746 g/mol. The third-order valence-electron chi connectivity index (χ3n) is 11.1. The number of benzene rings is 8. The molecule has 0 bridgehead atoms. The maximum absolute atomic E-state index is 6.50. The predicted molar refractivity (Wildman–Crippen MR) is 236 cm³/mol. The summed E-state index contributed by atoms with van der Waals surface area (Å²) in [5, 5.41) is 6.95. The van der Waals surface area contributed by atoms with Gasteiger partial charge >= 0.3 is 0 Å². The summed E-state index contributed by atoms with van der Waals surface area (Å²) in [5.41, 5.74) is 9.96. The summed E-state index contributed by atoms with van der Waals surface area (Å²) < 4.78 is 11.3. The number of thiophene rings is 1. The number of fused-ring (bicyclic) bond motifs is 9. The van der Waals surface area contributed by atoms with E-state index in [2.05, 4.69) is 162 Å². The van der Waals surface area contributed by atoms with Gasteiger partial charge in [-0.25, -0.2) is 15.0 Å². The number of rotatable bonds is 5. The van der Waals surface area contributed by atoms with E-state index in [-0.39, 0.29) is 0 Å². The molecule has 4 aromatic heterocycles. The average Bonchev–Trinajstić information content (AvgIpc) is 3.96. The highest BCUT2D eigenvalue weighted by Crippen LogP contribution is 2.39. The first-order chi connectivity index (χ1) is 28.2. The van der Waals surface area contributed by atoms with Crippen LogP contribution in [0, 0.1) is 0 Å². The van der Waals surface area contributed by atoms with Gasteiger partial charge in [-0.05, 0) is 83.9 Å². The molecule has 57 heavy (non-hydrogen) atoms. The molecule has 0 fully saturated rings. The lowest BCUT2D eigenvalue weighted by Gasteiger charge is -2.11. The van der Waals surface area contributed by atoms with Gasteiger partial charge in [-0.1, -0.05) is 109 Å². The molecule has 0 saturated carbocycles. The molecule has 0 spiro atoms. The van der Waals surface area contributed by atoms with Crippen molar-refractivity contribution >= 4 is 75.3 Å². The molecule has 0 unspecified atom stereocenters. The van der Waals surface area contributed by atoms with Crippen molar-refractivity contribution in [1.82, 2.24) is 19.5 Å². The maximum Gasteiger partial charge on any atom is 0.167 e. The molecule has 8 aromatic carbocycles. The lowest BCUT2D eigenvalue weighted by Crippen LogP contribution is -2.00. The van der Waals surface area contributed by atoms with E-state index < -0.39 is 0 Å². The summed E-state index contributed by atoms with van der Waals surface area (Å²) >= 11 is 1.80. The van der Waals surface area contributed by atoms with Gasteiger partial charge in [0, 0.05) is 58.5 Å². The summed E-state index contributed by atoms with van der Waals surface area (Å²) in [4.78, 5) is 15.6. The third kappa shape index (κ3) is 5.12.